The number of hydrogen-bond acceptors (Lipinski definition) is 4. The summed E-state index contributed by atoms with van der Waals surface area (Å²) < 4.78 is 1.43. The second-order valence-corrected chi connectivity index (χ2v) is 6.42. The molecule has 1 fully saturated rings. The van der Waals surface area contributed by atoms with E-state index in [4.69, 9.17) is 5.73 Å². The van der Waals surface area contributed by atoms with Gasteiger partial charge in [-0.1, -0.05) is 25.0 Å². The highest BCUT2D eigenvalue weighted by Gasteiger charge is 2.33. The van der Waals surface area contributed by atoms with Crippen molar-refractivity contribution in [3.63, 3.8) is 0 Å². The van der Waals surface area contributed by atoms with Crippen LogP contribution in [0.4, 0.5) is 0 Å². The maximum absolute atomic E-state index is 12.3. The number of fused-ring (bicyclic) bond motifs is 1. The molecule has 1 saturated carbocycles. The Labute approximate surface area is 138 Å². The van der Waals surface area contributed by atoms with E-state index in [9.17, 15) is 14.4 Å². The van der Waals surface area contributed by atoms with Crippen molar-refractivity contribution in [3.05, 3.63) is 45.1 Å². The normalized spacial score (nSPS) is 16.4. The minimum atomic E-state index is -0.499. The number of carbonyl (C=O) groups is 1. The third kappa shape index (κ3) is 3.12. The first-order valence-corrected chi connectivity index (χ1v) is 8.28. The molecule has 7 heteroatoms. The number of nitrogens with one attached hydrogen (secondary N) is 2. The lowest BCUT2D eigenvalue weighted by molar-refractivity contribution is -0.123. The van der Waals surface area contributed by atoms with Gasteiger partial charge in [0.05, 0.1) is 16.4 Å². The first-order chi connectivity index (χ1) is 11.5. The van der Waals surface area contributed by atoms with Crippen molar-refractivity contribution in [2.24, 2.45) is 5.73 Å². The molecular formula is C17H22N4O3. The highest BCUT2D eigenvalue weighted by atomic mass is 16.2. The molecule has 0 saturated heterocycles. The number of nitrogens with two attached hydrogens (primary N) is 1. The molecule has 24 heavy (non-hydrogen) atoms. The van der Waals surface area contributed by atoms with E-state index in [1.54, 1.807) is 24.3 Å². The largest absolute Gasteiger partial charge is 0.349 e. The molecule has 2 aromatic rings. The van der Waals surface area contributed by atoms with Gasteiger partial charge in [0, 0.05) is 19.5 Å². The topological polar surface area (TPSA) is 110 Å². The fourth-order valence-corrected chi connectivity index (χ4v) is 3.47. The molecule has 4 N–H and O–H groups in total. The molecule has 1 aliphatic rings. The minimum Gasteiger partial charge on any atom is -0.349 e. The highest BCUT2D eigenvalue weighted by Crippen LogP contribution is 2.28. The molecular weight excluding hydrogens is 308 g/mol. The van der Waals surface area contributed by atoms with Crippen LogP contribution in [0.2, 0.25) is 0 Å². The molecule has 0 spiro atoms. The van der Waals surface area contributed by atoms with Crippen molar-refractivity contribution >= 4 is 16.8 Å². The molecule has 0 aliphatic heterocycles. The number of para-hydroxylation sites is 1. The van der Waals surface area contributed by atoms with E-state index in [0.29, 0.717) is 17.4 Å². The standard InChI is InChI=1S/C17H22N4O3/c18-11-17(8-3-4-9-17)20-14(22)7-10-21-13-6-2-1-5-12(13)15(23)19-16(21)24/h1-2,5-6H,3-4,7-11,18H2,(H,20,22)(H,19,23,24). The van der Waals surface area contributed by atoms with Gasteiger partial charge in [-0.2, -0.15) is 0 Å². The van der Waals surface area contributed by atoms with E-state index in [0.717, 1.165) is 25.7 Å². The van der Waals surface area contributed by atoms with Crippen LogP contribution in [0.25, 0.3) is 10.9 Å². The lowest BCUT2D eigenvalue weighted by atomic mass is 9.97. The summed E-state index contributed by atoms with van der Waals surface area (Å²) in [7, 11) is 0. The summed E-state index contributed by atoms with van der Waals surface area (Å²) in [5.74, 6) is -0.121. The summed E-state index contributed by atoms with van der Waals surface area (Å²) in [6.07, 6.45) is 4.11. The molecule has 1 aromatic carbocycles. The average Bonchev–Trinajstić information content (AvgIpc) is 3.03. The molecule has 7 nitrogen and oxygen atoms in total. The van der Waals surface area contributed by atoms with Crippen LogP contribution in [0.15, 0.2) is 33.9 Å². The monoisotopic (exact) mass is 330 g/mol. The molecule has 0 unspecified atom stereocenters. The Morgan fingerprint density at radius 3 is 2.67 bits per heavy atom. The van der Waals surface area contributed by atoms with Crippen molar-refractivity contribution in [2.45, 2.75) is 44.2 Å². The zero-order valence-electron chi connectivity index (χ0n) is 13.5. The summed E-state index contributed by atoms with van der Waals surface area (Å²) >= 11 is 0. The number of rotatable bonds is 5. The molecule has 1 aliphatic carbocycles. The Bertz CT molecular complexity index is 862. The van der Waals surface area contributed by atoms with Gasteiger partial charge in [0.15, 0.2) is 0 Å². The maximum atomic E-state index is 12.3. The maximum Gasteiger partial charge on any atom is 0.328 e. The fraction of sp³-hybridized carbons (Fsp3) is 0.471. The number of aromatic nitrogens is 2. The van der Waals surface area contributed by atoms with E-state index in [2.05, 4.69) is 10.3 Å². The number of carbonyl (C=O) groups excluding carboxylic acids is 1. The first kappa shape index (κ1) is 16.4. The van der Waals surface area contributed by atoms with Crippen LogP contribution in [0.1, 0.15) is 32.1 Å². The van der Waals surface area contributed by atoms with Gasteiger partial charge in [0.1, 0.15) is 0 Å². The van der Waals surface area contributed by atoms with Crippen molar-refractivity contribution in [1.82, 2.24) is 14.9 Å². The fourth-order valence-electron chi connectivity index (χ4n) is 3.47. The van der Waals surface area contributed by atoms with Gasteiger partial charge in [-0.15, -0.1) is 0 Å². The number of aromatic amines is 1. The Balaban J connectivity index is 1.77. The summed E-state index contributed by atoms with van der Waals surface area (Å²) in [6, 6.07) is 6.87. The van der Waals surface area contributed by atoms with Crippen molar-refractivity contribution < 1.29 is 4.79 Å². The quantitative estimate of drug-likeness (QED) is 0.740. The molecule has 3 rings (SSSR count). The van der Waals surface area contributed by atoms with E-state index in [-0.39, 0.29) is 24.4 Å². The molecule has 128 valence electrons. The smallest absolute Gasteiger partial charge is 0.328 e. The number of nitrogens with zero attached hydrogens (tertiary/aromatic N) is 1. The molecule has 1 aromatic heterocycles. The van der Waals surface area contributed by atoms with Gasteiger partial charge in [-0.3, -0.25) is 19.1 Å². The second-order valence-electron chi connectivity index (χ2n) is 6.42. The number of hydrogen-bond donors (Lipinski definition) is 3. The Hall–Kier alpha value is -2.41. The summed E-state index contributed by atoms with van der Waals surface area (Å²) in [4.78, 5) is 38.5. The van der Waals surface area contributed by atoms with Gasteiger partial charge < -0.3 is 11.1 Å². The van der Waals surface area contributed by atoms with E-state index < -0.39 is 11.2 Å². The van der Waals surface area contributed by atoms with Crippen LogP contribution in [0.3, 0.4) is 0 Å². The van der Waals surface area contributed by atoms with Crippen molar-refractivity contribution in [1.29, 1.82) is 0 Å². The first-order valence-electron chi connectivity index (χ1n) is 8.28. The van der Waals surface area contributed by atoms with E-state index >= 15 is 0 Å². The van der Waals surface area contributed by atoms with Crippen LogP contribution in [-0.4, -0.2) is 27.5 Å². The van der Waals surface area contributed by atoms with Gasteiger partial charge in [-0.25, -0.2) is 4.79 Å². The predicted octanol–water partition coefficient (Wildman–Crippen LogP) is 0.468. The molecule has 0 bridgehead atoms. The zero-order chi connectivity index (χ0) is 17.2. The van der Waals surface area contributed by atoms with E-state index in [1.165, 1.54) is 4.57 Å². The summed E-state index contributed by atoms with van der Waals surface area (Å²) in [5, 5.41) is 3.48. The number of aryl methyl sites for hydroxylation is 1. The molecule has 0 atom stereocenters. The lowest BCUT2D eigenvalue weighted by Gasteiger charge is -2.28. The highest BCUT2D eigenvalue weighted by molar-refractivity contribution is 5.79. The van der Waals surface area contributed by atoms with E-state index in [1.807, 2.05) is 0 Å². The van der Waals surface area contributed by atoms with Gasteiger partial charge in [0.25, 0.3) is 5.56 Å². The predicted molar refractivity (Wildman–Crippen MR) is 91.8 cm³/mol. The Morgan fingerprint density at radius 2 is 1.96 bits per heavy atom. The number of H-pyrrole nitrogens is 1. The van der Waals surface area contributed by atoms with Crippen LogP contribution < -0.4 is 22.3 Å². The molecule has 1 heterocycles. The SMILES string of the molecule is NCC1(NC(=O)CCn2c(=O)[nH]c(=O)c3ccccc32)CCCC1. The van der Waals surface area contributed by atoms with Crippen LogP contribution in [0, 0.1) is 0 Å². The minimum absolute atomic E-state index is 0.121. The summed E-state index contributed by atoms with van der Waals surface area (Å²) in [5.41, 5.74) is 5.16. The number of benzene rings is 1. The number of amides is 1. The Morgan fingerprint density at radius 1 is 1.25 bits per heavy atom. The van der Waals surface area contributed by atoms with Gasteiger partial charge in [-0.05, 0) is 25.0 Å². The van der Waals surface area contributed by atoms with Gasteiger partial charge in [0.2, 0.25) is 5.91 Å². The molecule has 0 radical (unpaired) electrons. The van der Waals surface area contributed by atoms with Crippen LogP contribution in [-0.2, 0) is 11.3 Å². The molecule has 1 amide bonds. The van der Waals surface area contributed by atoms with Crippen LogP contribution in [0.5, 0.6) is 0 Å². The lowest BCUT2D eigenvalue weighted by Crippen LogP contribution is -2.51. The summed E-state index contributed by atoms with van der Waals surface area (Å²) in [6.45, 7) is 0.642. The van der Waals surface area contributed by atoms with Crippen molar-refractivity contribution in [3.8, 4) is 0 Å². The average molecular weight is 330 g/mol. The van der Waals surface area contributed by atoms with Crippen molar-refractivity contribution in [2.75, 3.05) is 6.54 Å². The Kier molecular flexibility index (Phi) is 4.53. The third-order valence-electron chi connectivity index (χ3n) is 4.82. The van der Waals surface area contributed by atoms with Crippen LogP contribution >= 0.6 is 0 Å². The van der Waals surface area contributed by atoms with Gasteiger partial charge >= 0.3 is 5.69 Å². The third-order valence-corrected chi connectivity index (χ3v) is 4.82. The second kappa shape index (κ2) is 6.60. The zero-order valence-corrected chi connectivity index (χ0v) is 13.5.